The fraction of sp³-hybridized carbons (Fsp3) is 0.867. The maximum Gasteiger partial charge on any atom is 0.310 e. The topological polar surface area (TPSA) is 46.6 Å². The monoisotopic (exact) mass is 269 g/mol. The van der Waals surface area contributed by atoms with Gasteiger partial charge in [-0.1, -0.05) is 32.6 Å². The average Bonchev–Trinajstić information content (AvgIpc) is 2.46. The summed E-state index contributed by atoms with van der Waals surface area (Å²) in [5.74, 6) is -0.103. The first-order valence-electron chi connectivity index (χ1n) is 7.54. The van der Waals surface area contributed by atoms with Crippen LogP contribution in [0.5, 0.6) is 0 Å². The minimum Gasteiger partial charge on any atom is -0.469 e. The van der Waals surface area contributed by atoms with Gasteiger partial charge in [-0.05, 0) is 19.3 Å². The highest BCUT2D eigenvalue weighted by atomic mass is 16.5. The predicted octanol–water partition coefficient (Wildman–Crippen LogP) is 2.76. The average molecular weight is 269 g/mol. The molecule has 1 rings (SSSR count). The molecule has 4 heteroatoms. The molecule has 0 aromatic heterocycles. The van der Waals surface area contributed by atoms with Crippen molar-refractivity contribution in [3.8, 4) is 0 Å². The van der Waals surface area contributed by atoms with E-state index in [2.05, 4.69) is 6.92 Å². The molecule has 0 radical (unpaired) electrons. The van der Waals surface area contributed by atoms with Gasteiger partial charge in [-0.2, -0.15) is 0 Å². The minimum atomic E-state index is -0.180. The number of esters is 1. The van der Waals surface area contributed by atoms with Crippen LogP contribution in [0.25, 0.3) is 0 Å². The van der Waals surface area contributed by atoms with Gasteiger partial charge in [0.2, 0.25) is 5.91 Å². The number of nitrogens with zero attached hydrogens (tertiary/aromatic N) is 1. The molecule has 110 valence electrons. The molecule has 4 nitrogen and oxygen atoms in total. The van der Waals surface area contributed by atoms with Crippen LogP contribution < -0.4 is 0 Å². The summed E-state index contributed by atoms with van der Waals surface area (Å²) >= 11 is 0. The van der Waals surface area contributed by atoms with Gasteiger partial charge in [0.15, 0.2) is 0 Å². The summed E-state index contributed by atoms with van der Waals surface area (Å²) in [6, 6.07) is 0. The van der Waals surface area contributed by atoms with Gasteiger partial charge in [-0.3, -0.25) is 9.59 Å². The van der Waals surface area contributed by atoms with Crippen molar-refractivity contribution < 1.29 is 14.3 Å². The number of carbonyl (C=O) groups excluding carboxylic acids is 2. The van der Waals surface area contributed by atoms with Gasteiger partial charge in [0.25, 0.3) is 0 Å². The van der Waals surface area contributed by atoms with Crippen molar-refractivity contribution in [2.45, 2.75) is 58.3 Å². The smallest absolute Gasteiger partial charge is 0.310 e. The molecule has 1 aliphatic heterocycles. The van der Waals surface area contributed by atoms with Crippen LogP contribution in [0.3, 0.4) is 0 Å². The minimum absolute atomic E-state index is 0.122. The van der Waals surface area contributed by atoms with E-state index in [9.17, 15) is 9.59 Å². The van der Waals surface area contributed by atoms with Crippen molar-refractivity contribution >= 4 is 11.9 Å². The van der Waals surface area contributed by atoms with Crippen LogP contribution in [0, 0.1) is 5.92 Å². The molecule has 0 bridgehead atoms. The number of methoxy groups -OCH3 is 1. The Kier molecular flexibility index (Phi) is 7.53. The Bertz CT molecular complexity index is 291. The third kappa shape index (κ3) is 5.62. The molecule has 0 aromatic carbocycles. The Hall–Kier alpha value is -1.06. The second-order valence-electron chi connectivity index (χ2n) is 5.37. The van der Waals surface area contributed by atoms with E-state index in [0.717, 1.165) is 32.2 Å². The molecule has 0 spiro atoms. The zero-order valence-electron chi connectivity index (χ0n) is 12.3. The maximum atomic E-state index is 12.1. The molecule has 0 saturated carbocycles. The van der Waals surface area contributed by atoms with Gasteiger partial charge in [-0.15, -0.1) is 0 Å². The van der Waals surface area contributed by atoms with E-state index in [4.69, 9.17) is 4.74 Å². The molecule has 1 saturated heterocycles. The molecule has 1 amide bonds. The first-order chi connectivity index (χ1) is 9.19. The lowest BCUT2D eigenvalue weighted by molar-refractivity contribution is -0.149. The summed E-state index contributed by atoms with van der Waals surface area (Å²) in [6.07, 6.45) is 8.16. The van der Waals surface area contributed by atoms with Crippen molar-refractivity contribution in [1.82, 2.24) is 4.90 Å². The Morgan fingerprint density at radius 2 is 1.95 bits per heavy atom. The SMILES string of the molecule is CCCCCCCC(=O)N1CCC[C@H](C(=O)OC)C1. The molecule has 1 aliphatic rings. The molecular formula is C15H27NO3. The van der Waals surface area contributed by atoms with Crippen LogP contribution in [0.1, 0.15) is 58.3 Å². The second kappa shape index (κ2) is 8.94. The molecule has 19 heavy (non-hydrogen) atoms. The lowest BCUT2D eigenvalue weighted by Crippen LogP contribution is -2.42. The van der Waals surface area contributed by atoms with E-state index in [-0.39, 0.29) is 17.8 Å². The summed E-state index contributed by atoms with van der Waals surface area (Å²) in [4.78, 5) is 25.4. The highest BCUT2D eigenvalue weighted by molar-refractivity contribution is 5.78. The Balaban J connectivity index is 2.26. The summed E-state index contributed by atoms with van der Waals surface area (Å²) < 4.78 is 4.77. The Morgan fingerprint density at radius 3 is 2.63 bits per heavy atom. The van der Waals surface area contributed by atoms with E-state index in [1.807, 2.05) is 4.90 Å². The zero-order chi connectivity index (χ0) is 14.1. The molecule has 0 aliphatic carbocycles. The van der Waals surface area contributed by atoms with Crippen molar-refractivity contribution in [2.24, 2.45) is 5.92 Å². The van der Waals surface area contributed by atoms with Crippen molar-refractivity contribution in [3.05, 3.63) is 0 Å². The van der Waals surface area contributed by atoms with Gasteiger partial charge in [0.1, 0.15) is 0 Å². The van der Waals surface area contributed by atoms with Crippen LogP contribution >= 0.6 is 0 Å². The third-order valence-corrected chi connectivity index (χ3v) is 3.80. The first kappa shape index (κ1) is 16.0. The van der Waals surface area contributed by atoms with Gasteiger partial charge in [-0.25, -0.2) is 0 Å². The van der Waals surface area contributed by atoms with Crippen molar-refractivity contribution in [3.63, 3.8) is 0 Å². The summed E-state index contributed by atoms with van der Waals surface area (Å²) in [5.41, 5.74) is 0. The third-order valence-electron chi connectivity index (χ3n) is 3.80. The molecule has 1 heterocycles. The van der Waals surface area contributed by atoms with Crippen molar-refractivity contribution in [2.75, 3.05) is 20.2 Å². The van der Waals surface area contributed by atoms with Crippen LogP contribution in [0.2, 0.25) is 0 Å². The van der Waals surface area contributed by atoms with Crippen molar-refractivity contribution in [1.29, 1.82) is 0 Å². The second-order valence-corrected chi connectivity index (χ2v) is 5.37. The number of amides is 1. The number of hydrogen-bond donors (Lipinski definition) is 0. The molecule has 0 unspecified atom stereocenters. The highest BCUT2D eigenvalue weighted by Gasteiger charge is 2.28. The van der Waals surface area contributed by atoms with E-state index < -0.39 is 0 Å². The number of rotatable bonds is 7. The first-order valence-corrected chi connectivity index (χ1v) is 7.54. The Labute approximate surface area is 116 Å². The van der Waals surface area contributed by atoms with Gasteiger partial charge in [0, 0.05) is 19.5 Å². The van der Waals surface area contributed by atoms with Crippen LogP contribution in [0.15, 0.2) is 0 Å². The molecular weight excluding hydrogens is 242 g/mol. The van der Waals surface area contributed by atoms with E-state index in [1.54, 1.807) is 0 Å². The predicted molar refractivity (Wildman–Crippen MR) is 74.7 cm³/mol. The fourth-order valence-electron chi connectivity index (χ4n) is 2.60. The number of carbonyl (C=O) groups is 2. The standard InChI is InChI=1S/C15H27NO3/c1-3-4-5-6-7-10-14(17)16-11-8-9-13(12-16)15(18)19-2/h13H,3-12H2,1-2H3/t13-/m0/s1. The molecule has 0 aromatic rings. The summed E-state index contributed by atoms with van der Waals surface area (Å²) in [5, 5.41) is 0. The number of piperidine rings is 1. The van der Waals surface area contributed by atoms with Crippen LogP contribution in [0.4, 0.5) is 0 Å². The quantitative estimate of drug-likeness (QED) is 0.527. The van der Waals surface area contributed by atoms with Gasteiger partial charge in [0.05, 0.1) is 13.0 Å². The zero-order valence-corrected chi connectivity index (χ0v) is 12.3. The highest BCUT2D eigenvalue weighted by Crippen LogP contribution is 2.19. The molecule has 0 N–H and O–H groups in total. The number of likely N-dealkylation sites (tertiary alicyclic amines) is 1. The van der Waals surface area contributed by atoms with Crippen LogP contribution in [-0.4, -0.2) is 37.0 Å². The number of ether oxygens (including phenoxy) is 1. The largest absolute Gasteiger partial charge is 0.469 e. The normalized spacial score (nSPS) is 19.3. The van der Waals surface area contributed by atoms with Gasteiger partial charge >= 0.3 is 5.97 Å². The summed E-state index contributed by atoms with van der Waals surface area (Å²) in [6.45, 7) is 3.52. The van der Waals surface area contributed by atoms with E-state index >= 15 is 0 Å². The number of hydrogen-bond acceptors (Lipinski definition) is 3. The lowest BCUT2D eigenvalue weighted by Gasteiger charge is -2.31. The van der Waals surface area contributed by atoms with Crippen LogP contribution in [-0.2, 0) is 14.3 Å². The van der Waals surface area contributed by atoms with E-state index in [1.165, 1.54) is 26.4 Å². The maximum absolute atomic E-state index is 12.1. The molecule has 1 atom stereocenters. The summed E-state index contributed by atoms with van der Waals surface area (Å²) in [7, 11) is 1.41. The van der Waals surface area contributed by atoms with Gasteiger partial charge < -0.3 is 9.64 Å². The Morgan fingerprint density at radius 1 is 1.21 bits per heavy atom. The fourth-order valence-corrected chi connectivity index (χ4v) is 2.60. The molecule has 1 fully saturated rings. The lowest BCUT2D eigenvalue weighted by atomic mass is 9.97. The number of unbranched alkanes of at least 4 members (excludes halogenated alkanes) is 4. The van der Waals surface area contributed by atoms with E-state index in [0.29, 0.717) is 13.0 Å².